The van der Waals surface area contributed by atoms with Crippen molar-refractivity contribution in [1.82, 2.24) is 9.88 Å². The second-order valence-electron chi connectivity index (χ2n) is 4.88. The summed E-state index contributed by atoms with van der Waals surface area (Å²) in [7, 11) is 0. The first-order chi connectivity index (χ1) is 10.3. The largest absolute Gasteiger partial charge is 0.489 e. The zero-order valence-electron chi connectivity index (χ0n) is 11.5. The summed E-state index contributed by atoms with van der Waals surface area (Å²) in [5.74, 6) is -1.77. The topological polar surface area (TPSA) is 85.5 Å². The van der Waals surface area contributed by atoms with Crippen molar-refractivity contribution in [2.24, 2.45) is 5.73 Å². The number of nitrogens with two attached hydrogens (primary N) is 1. The van der Waals surface area contributed by atoms with Crippen LogP contribution in [0.1, 0.15) is 18.4 Å². The van der Waals surface area contributed by atoms with E-state index in [9.17, 15) is 22.8 Å². The van der Waals surface area contributed by atoms with Crippen LogP contribution >= 0.6 is 0 Å². The molecule has 2 N–H and O–H groups in total. The van der Waals surface area contributed by atoms with Gasteiger partial charge >= 0.3 is 18.0 Å². The van der Waals surface area contributed by atoms with E-state index in [2.05, 4.69) is 4.98 Å². The highest BCUT2D eigenvalue weighted by Gasteiger charge is 2.32. The van der Waals surface area contributed by atoms with Crippen molar-refractivity contribution in [3.63, 3.8) is 0 Å². The van der Waals surface area contributed by atoms with Gasteiger partial charge in [-0.25, -0.2) is 0 Å². The van der Waals surface area contributed by atoms with Crippen LogP contribution in [-0.2, 0) is 15.8 Å². The highest BCUT2D eigenvalue weighted by atomic mass is 19.4. The molecule has 0 saturated carbocycles. The van der Waals surface area contributed by atoms with E-state index in [4.69, 9.17) is 10.5 Å². The van der Waals surface area contributed by atoms with E-state index < -0.39 is 23.6 Å². The standard InChI is InChI=1S/C13H14F3N3O3/c14-13(15,16)8-5-10(7-18-6-8)22-9-1-3-19(4-2-9)12(21)11(17)20/h5-7,9H,1-4H2,(H2,17,20). The normalized spacial score (nSPS) is 16.4. The molecule has 0 unspecified atom stereocenters. The molecule has 0 spiro atoms. The minimum atomic E-state index is -4.48. The zero-order chi connectivity index (χ0) is 16.3. The lowest BCUT2D eigenvalue weighted by molar-refractivity contribution is -0.145. The Morgan fingerprint density at radius 3 is 2.45 bits per heavy atom. The van der Waals surface area contributed by atoms with Gasteiger partial charge in [0.05, 0.1) is 11.8 Å². The summed E-state index contributed by atoms with van der Waals surface area (Å²) in [4.78, 5) is 27.0. The number of piperidine rings is 1. The Kier molecular flexibility index (Phi) is 4.53. The average molecular weight is 317 g/mol. The van der Waals surface area contributed by atoms with E-state index in [0.29, 0.717) is 12.8 Å². The van der Waals surface area contributed by atoms with E-state index in [0.717, 1.165) is 12.3 Å². The Balaban J connectivity index is 1.94. The summed E-state index contributed by atoms with van der Waals surface area (Å²) in [6.45, 7) is 0.525. The summed E-state index contributed by atoms with van der Waals surface area (Å²) in [6.07, 6.45) is -2.10. The number of pyridine rings is 1. The molecule has 0 atom stereocenters. The highest BCUT2D eigenvalue weighted by Crippen LogP contribution is 2.31. The molecule has 1 fully saturated rings. The fraction of sp³-hybridized carbons (Fsp3) is 0.462. The van der Waals surface area contributed by atoms with Gasteiger partial charge in [-0.05, 0) is 6.07 Å². The lowest BCUT2D eigenvalue weighted by Crippen LogP contribution is -2.46. The predicted molar refractivity (Wildman–Crippen MR) is 68.7 cm³/mol. The van der Waals surface area contributed by atoms with Crippen LogP contribution in [0.25, 0.3) is 0 Å². The lowest BCUT2D eigenvalue weighted by Gasteiger charge is -2.31. The molecule has 1 aliphatic heterocycles. The van der Waals surface area contributed by atoms with Gasteiger partial charge in [0, 0.05) is 32.1 Å². The molecule has 0 aliphatic carbocycles. The second kappa shape index (κ2) is 6.20. The Labute approximate surface area is 124 Å². The maximum atomic E-state index is 12.6. The van der Waals surface area contributed by atoms with E-state index in [-0.39, 0.29) is 24.9 Å². The summed E-state index contributed by atoms with van der Waals surface area (Å²) in [6, 6.07) is 0.883. The van der Waals surface area contributed by atoms with Crippen LogP contribution in [0.3, 0.4) is 0 Å². The van der Waals surface area contributed by atoms with E-state index in [1.54, 1.807) is 0 Å². The zero-order valence-corrected chi connectivity index (χ0v) is 11.5. The fourth-order valence-electron chi connectivity index (χ4n) is 2.16. The Morgan fingerprint density at radius 1 is 1.27 bits per heavy atom. The van der Waals surface area contributed by atoms with Crippen LogP contribution in [0.2, 0.25) is 0 Å². The third kappa shape index (κ3) is 3.86. The lowest BCUT2D eigenvalue weighted by atomic mass is 10.1. The van der Waals surface area contributed by atoms with Crippen LogP contribution in [0.15, 0.2) is 18.5 Å². The molecular weight excluding hydrogens is 303 g/mol. The van der Waals surface area contributed by atoms with Crippen molar-refractivity contribution in [3.8, 4) is 5.75 Å². The van der Waals surface area contributed by atoms with Gasteiger partial charge in [0.2, 0.25) is 0 Å². The molecule has 0 bridgehead atoms. The molecule has 6 nitrogen and oxygen atoms in total. The van der Waals surface area contributed by atoms with Crippen LogP contribution in [0.4, 0.5) is 13.2 Å². The van der Waals surface area contributed by atoms with Crippen molar-refractivity contribution in [3.05, 3.63) is 24.0 Å². The molecule has 2 rings (SSSR count). The van der Waals surface area contributed by atoms with Gasteiger partial charge in [0.1, 0.15) is 11.9 Å². The molecule has 22 heavy (non-hydrogen) atoms. The summed E-state index contributed by atoms with van der Waals surface area (Å²) in [5, 5.41) is 0. The van der Waals surface area contributed by atoms with Crippen LogP contribution in [-0.4, -0.2) is 40.9 Å². The Hall–Kier alpha value is -2.32. The highest BCUT2D eigenvalue weighted by molar-refractivity contribution is 6.34. The molecule has 9 heteroatoms. The van der Waals surface area contributed by atoms with E-state index >= 15 is 0 Å². The number of nitrogens with zero attached hydrogens (tertiary/aromatic N) is 2. The number of hydrogen-bond acceptors (Lipinski definition) is 4. The smallest absolute Gasteiger partial charge is 0.418 e. The van der Waals surface area contributed by atoms with Crippen LogP contribution < -0.4 is 10.5 Å². The van der Waals surface area contributed by atoms with Crippen LogP contribution in [0, 0.1) is 0 Å². The van der Waals surface area contributed by atoms with Gasteiger partial charge in [-0.15, -0.1) is 0 Å². The predicted octanol–water partition coefficient (Wildman–Crippen LogP) is 0.956. The Morgan fingerprint density at radius 2 is 1.91 bits per heavy atom. The monoisotopic (exact) mass is 317 g/mol. The van der Waals surface area contributed by atoms with E-state index in [1.807, 2.05) is 0 Å². The first kappa shape index (κ1) is 16.1. The molecule has 0 radical (unpaired) electrons. The van der Waals surface area contributed by atoms with Gasteiger partial charge in [0.25, 0.3) is 0 Å². The molecule has 120 valence electrons. The van der Waals surface area contributed by atoms with E-state index in [1.165, 1.54) is 11.1 Å². The number of aromatic nitrogens is 1. The van der Waals surface area contributed by atoms with Gasteiger partial charge < -0.3 is 15.4 Å². The SMILES string of the molecule is NC(=O)C(=O)N1CCC(Oc2cncc(C(F)(F)F)c2)CC1. The number of rotatable bonds is 2. The Bertz CT molecular complexity index is 569. The number of ether oxygens (including phenoxy) is 1. The first-order valence-corrected chi connectivity index (χ1v) is 6.55. The van der Waals surface area contributed by atoms with Crippen molar-refractivity contribution in [2.75, 3.05) is 13.1 Å². The fourth-order valence-corrected chi connectivity index (χ4v) is 2.16. The molecule has 1 aromatic heterocycles. The number of carbonyl (C=O) groups excluding carboxylic acids is 2. The number of hydrogen-bond donors (Lipinski definition) is 1. The van der Waals surface area contributed by atoms with Crippen molar-refractivity contribution < 1.29 is 27.5 Å². The molecule has 1 aromatic rings. The number of likely N-dealkylation sites (tertiary alicyclic amines) is 1. The van der Waals surface area contributed by atoms with Crippen LogP contribution in [0.5, 0.6) is 5.75 Å². The summed E-state index contributed by atoms with van der Waals surface area (Å²) < 4.78 is 43.2. The maximum Gasteiger partial charge on any atom is 0.418 e. The summed E-state index contributed by atoms with van der Waals surface area (Å²) in [5.41, 5.74) is 4.02. The molecule has 2 amide bonds. The summed E-state index contributed by atoms with van der Waals surface area (Å²) >= 11 is 0. The maximum absolute atomic E-state index is 12.6. The van der Waals surface area contributed by atoms with Gasteiger partial charge in [-0.3, -0.25) is 14.6 Å². The van der Waals surface area contributed by atoms with Gasteiger partial charge in [-0.1, -0.05) is 0 Å². The van der Waals surface area contributed by atoms with Gasteiger partial charge in [0.15, 0.2) is 0 Å². The molecule has 0 aromatic carbocycles. The van der Waals surface area contributed by atoms with Crippen molar-refractivity contribution >= 4 is 11.8 Å². The number of primary amides is 1. The minimum absolute atomic E-state index is 0.0227. The third-order valence-corrected chi connectivity index (χ3v) is 3.28. The number of alkyl halides is 3. The molecule has 2 heterocycles. The van der Waals surface area contributed by atoms with Crippen molar-refractivity contribution in [1.29, 1.82) is 0 Å². The third-order valence-electron chi connectivity index (χ3n) is 3.28. The second-order valence-corrected chi connectivity index (χ2v) is 4.88. The number of halogens is 3. The van der Waals surface area contributed by atoms with Crippen molar-refractivity contribution in [2.45, 2.75) is 25.1 Å². The minimum Gasteiger partial charge on any atom is -0.489 e. The molecule has 1 saturated heterocycles. The number of carbonyl (C=O) groups is 2. The quantitative estimate of drug-likeness (QED) is 0.823. The molecular formula is C13H14F3N3O3. The first-order valence-electron chi connectivity index (χ1n) is 6.55. The number of amides is 2. The average Bonchev–Trinajstić information content (AvgIpc) is 2.46. The van der Waals surface area contributed by atoms with Gasteiger partial charge in [-0.2, -0.15) is 13.2 Å². The molecule has 1 aliphatic rings.